The first-order chi connectivity index (χ1) is 15.5. The number of amides is 1. The second-order valence-corrected chi connectivity index (χ2v) is 9.47. The molecule has 1 amide bonds. The van der Waals surface area contributed by atoms with Gasteiger partial charge in [0.1, 0.15) is 6.04 Å². The summed E-state index contributed by atoms with van der Waals surface area (Å²) in [5, 5.41) is 2.64. The van der Waals surface area contributed by atoms with Crippen molar-refractivity contribution in [1.29, 1.82) is 0 Å². The summed E-state index contributed by atoms with van der Waals surface area (Å²) < 4.78 is 10.5. The van der Waals surface area contributed by atoms with Gasteiger partial charge in [0.05, 0.1) is 13.2 Å². The van der Waals surface area contributed by atoms with Crippen molar-refractivity contribution in [3.05, 3.63) is 0 Å². The van der Waals surface area contributed by atoms with Gasteiger partial charge in [0.15, 0.2) is 0 Å². The second-order valence-electron chi connectivity index (χ2n) is 9.47. The van der Waals surface area contributed by atoms with Gasteiger partial charge in [-0.25, -0.2) is 9.59 Å². The number of alkyl carbamates (subject to hydrolysis) is 1. The number of hydrogen-bond donors (Lipinski definition) is 1. The molecular weight excluding hydrogens is 402 g/mol. The molecule has 0 bridgehead atoms. The van der Waals surface area contributed by atoms with E-state index < -0.39 is 12.1 Å². The molecule has 1 N–H and O–H groups in total. The Morgan fingerprint density at radius 2 is 1.00 bits per heavy atom. The van der Waals surface area contributed by atoms with Crippen LogP contribution in [-0.2, 0) is 14.3 Å². The van der Waals surface area contributed by atoms with E-state index in [1.54, 1.807) is 0 Å². The van der Waals surface area contributed by atoms with Crippen molar-refractivity contribution in [1.82, 2.24) is 5.32 Å². The molecule has 0 aromatic rings. The fourth-order valence-corrected chi connectivity index (χ4v) is 3.71. The van der Waals surface area contributed by atoms with Gasteiger partial charge in [-0.05, 0) is 18.8 Å². The molecule has 0 spiro atoms. The summed E-state index contributed by atoms with van der Waals surface area (Å²) in [6, 6.07) is -0.652. The molecular formula is C27H53NO4. The first-order valence-corrected chi connectivity index (χ1v) is 13.6. The summed E-state index contributed by atoms with van der Waals surface area (Å²) in [5.41, 5.74) is 0. The van der Waals surface area contributed by atoms with Crippen LogP contribution in [0.1, 0.15) is 137 Å². The van der Waals surface area contributed by atoms with Gasteiger partial charge in [-0.3, -0.25) is 0 Å². The molecule has 0 aliphatic carbocycles. The molecule has 0 radical (unpaired) electrons. The number of carbonyl (C=O) groups is 2. The highest BCUT2D eigenvalue weighted by Gasteiger charge is 2.26. The van der Waals surface area contributed by atoms with E-state index in [9.17, 15) is 9.59 Å². The van der Waals surface area contributed by atoms with Gasteiger partial charge in [0, 0.05) is 0 Å². The van der Waals surface area contributed by atoms with Crippen LogP contribution in [0, 0.1) is 5.92 Å². The van der Waals surface area contributed by atoms with E-state index in [-0.39, 0.29) is 11.9 Å². The molecule has 0 aliphatic heterocycles. The number of nitrogens with one attached hydrogen (secondary N) is 1. The van der Waals surface area contributed by atoms with Crippen LogP contribution in [0.15, 0.2) is 0 Å². The molecule has 0 saturated heterocycles. The molecule has 5 nitrogen and oxygen atoms in total. The van der Waals surface area contributed by atoms with E-state index >= 15 is 0 Å². The molecule has 0 heterocycles. The molecule has 0 aromatic carbocycles. The van der Waals surface area contributed by atoms with Crippen molar-refractivity contribution in [2.24, 2.45) is 5.92 Å². The largest absolute Gasteiger partial charge is 0.464 e. The zero-order valence-corrected chi connectivity index (χ0v) is 21.7. The van der Waals surface area contributed by atoms with Crippen LogP contribution in [0.2, 0.25) is 0 Å². The average Bonchev–Trinajstić information content (AvgIpc) is 2.77. The summed E-state index contributed by atoms with van der Waals surface area (Å²) in [6.07, 6.45) is 20.9. The lowest BCUT2D eigenvalue weighted by Crippen LogP contribution is -2.45. The summed E-state index contributed by atoms with van der Waals surface area (Å²) in [5.74, 6) is -0.403. The minimum absolute atomic E-state index is 0.0396. The van der Waals surface area contributed by atoms with Crippen LogP contribution in [0.5, 0.6) is 0 Å². The van der Waals surface area contributed by atoms with E-state index in [2.05, 4.69) is 12.2 Å². The number of ether oxygens (including phenoxy) is 2. The molecule has 5 heteroatoms. The maximum Gasteiger partial charge on any atom is 0.407 e. The topological polar surface area (TPSA) is 64.6 Å². The molecule has 190 valence electrons. The standard InChI is InChI=1S/C27H53NO4/c1-5-7-9-10-11-12-13-14-15-16-17-18-19-20-21-23-31-26(29)25(24(3)4)28-27(30)32-22-8-6-2/h24-25H,5-23H2,1-4H3,(H,28,30). The number of rotatable bonds is 22. The number of hydrogen-bond acceptors (Lipinski definition) is 4. The van der Waals surface area contributed by atoms with Crippen molar-refractivity contribution in [2.45, 2.75) is 143 Å². The third kappa shape index (κ3) is 19.4. The highest BCUT2D eigenvalue weighted by atomic mass is 16.6. The van der Waals surface area contributed by atoms with E-state index in [1.807, 2.05) is 20.8 Å². The highest BCUT2D eigenvalue weighted by Crippen LogP contribution is 2.13. The van der Waals surface area contributed by atoms with Crippen molar-refractivity contribution >= 4 is 12.1 Å². The van der Waals surface area contributed by atoms with Crippen molar-refractivity contribution in [2.75, 3.05) is 13.2 Å². The molecule has 0 saturated carbocycles. The number of unbranched alkanes of at least 4 members (excludes halogenated alkanes) is 15. The van der Waals surface area contributed by atoms with Gasteiger partial charge in [0.2, 0.25) is 0 Å². The molecule has 0 fully saturated rings. The van der Waals surface area contributed by atoms with Crippen LogP contribution < -0.4 is 5.32 Å². The summed E-state index contributed by atoms with van der Waals surface area (Å²) >= 11 is 0. The predicted molar refractivity (Wildman–Crippen MR) is 134 cm³/mol. The van der Waals surface area contributed by atoms with E-state index in [1.165, 1.54) is 83.5 Å². The Balaban J connectivity index is 3.59. The zero-order valence-electron chi connectivity index (χ0n) is 21.7. The maximum absolute atomic E-state index is 12.3. The summed E-state index contributed by atoms with van der Waals surface area (Å²) in [4.78, 5) is 24.1. The Kier molecular flexibility index (Phi) is 22.0. The Morgan fingerprint density at radius 3 is 1.44 bits per heavy atom. The lowest BCUT2D eigenvalue weighted by atomic mass is 10.0. The van der Waals surface area contributed by atoms with Crippen LogP contribution in [-0.4, -0.2) is 31.3 Å². The fourth-order valence-electron chi connectivity index (χ4n) is 3.71. The van der Waals surface area contributed by atoms with Gasteiger partial charge >= 0.3 is 12.1 Å². The first-order valence-electron chi connectivity index (χ1n) is 13.6. The van der Waals surface area contributed by atoms with Gasteiger partial charge in [-0.2, -0.15) is 0 Å². The Labute approximate surface area is 198 Å². The Bertz CT molecular complexity index is 439. The first kappa shape index (κ1) is 30.7. The van der Waals surface area contributed by atoms with Crippen LogP contribution >= 0.6 is 0 Å². The number of esters is 1. The van der Waals surface area contributed by atoms with Crippen LogP contribution in [0.25, 0.3) is 0 Å². The van der Waals surface area contributed by atoms with Crippen LogP contribution in [0.4, 0.5) is 4.79 Å². The molecule has 0 aromatic heterocycles. The monoisotopic (exact) mass is 455 g/mol. The Hall–Kier alpha value is -1.26. The number of carbonyl (C=O) groups excluding carboxylic acids is 2. The van der Waals surface area contributed by atoms with Crippen molar-refractivity contribution in [3.8, 4) is 0 Å². The van der Waals surface area contributed by atoms with Gasteiger partial charge in [0.25, 0.3) is 0 Å². The quantitative estimate of drug-likeness (QED) is 0.133. The minimum atomic E-state index is -0.652. The summed E-state index contributed by atoms with van der Waals surface area (Å²) in [7, 11) is 0. The van der Waals surface area contributed by atoms with Gasteiger partial charge in [-0.15, -0.1) is 0 Å². The van der Waals surface area contributed by atoms with Crippen LogP contribution in [0.3, 0.4) is 0 Å². The average molecular weight is 456 g/mol. The molecule has 0 aliphatic rings. The lowest BCUT2D eigenvalue weighted by molar-refractivity contribution is -0.147. The van der Waals surface area contributed by atoms with Gasteiger partial charge < -0.3 is 14.8 Å². The third-order valence-corrected chi connectivity index (χ3v) is 5.92. The third-order valence-electron chi connectivity index (χ3n) is 5.92. The van der Waals surface area contributed by atoms with E-state index in [0.717, 1.165) is 25.7 Å². The van der Waals surface area contributed by atoms with E-state index in [4.69, 9.17) is 9.47 Å². The predicted octanol–water partition coefficient (Wildman–Crippen LogP) is 7.95. The van der Waals surface area contributed by atoms with Crippen molar-refractivity contribution in [3.63, 3.8) is 0 Å². The zero-order chi connectivity index (χ0) is 23.9. The molecule has 1 atom stereocenters. The smallest absolute Gasteiger partial charge is 0.407 e. The normalized spacial score (nSPS) is 12.0. The minimum Gasteiger partial charge on any atom is -0.464 e. The Morgan fingerprint density at radius 1 is 0.594 bits per heavy atom. The summed E-state index contributed by atoms with van der Waals surface area (Å²) in [6.45, 7) is 8.90. The highest BCUT2D eigenvalue weighted by molar-refractivity contribution is 5.81. The second kappa shape index (κ2) is 22.9. The fraction of sp³-hybridized carbons (Fsp3) is 0.926. The molecule has 32 heavy (non-hydrogen) atoms. The van der Waals surface area contributed by atoms with Crippen molar-refractivity contribution < 1.29 is 19.1 Å². The maximum atomic E-state index is 12.3. The SMILES string of the molecule is CCCCCCCCCCCCCCCCCOC(=O)C(NC(=O)OCCCC)C(C)C. The van der Waals surface area contributed by atoms with Gasteiger partial charge in [-0.1, -0.05) is 124 Å². The molecule has 1 unspecified atom stereocenters. The van der Waals surface area contributed by atoms with E-state index in [0.29, 0.717) is 13.2 Å². The molecule has 0 rings (SSSR count). The lowest BCUT2D eigenvalue weighted by Gasteiger charge is -2.20.